The molecule has 2 heterocycles. The maximum atomic E-state index is 12.5. The van der Waals surface area contributed by atoms with Crippen LogP contribution in [0.5, 0.6) is 5.88 Å². The number of carbonyl (C=O) groups excluding carboxylic acids is 1. The molecule has 0 fully saturated rings. The lowest BCUT2D eigenvalue weighted by Crippen LogP contribution is -2.28. The molecule has 3 rings (SSSR count). The standard InChI is InChI=1S/C20H20N4O2S.CH4/c1-3-8-26-18-13-22-16(12-23-18)17(25)11-14-5-4-6-15(10-14)20(2)7-9-27-19(21)24-20;/h1,4-6,10,12-13H,7-9,11H2,2H3,(H2,21,24);1H4/t20-;/m0./s1. The fourth-order valence-electron chi connectivity index (χ4n) is 2.84. The van der Waals surface area contributed by atoms with E-state index < -0.39 is 0 Å². The van der Waals surface area contributed by atoms with Crippen molar-refractivity contribution in [2.45, 2.75) is 32.7 Å². The molecule has 1 atom stereocenters. The molecule has 1 aromatic carbocycles. The van der Waals surface area contributed by atoms with Crippen molar-refractivity contribution in [3.8, 4) is 18.2 Å². The molecule has 1 aliphatic rings. The van der Waals surface area contributed by atoms with Gasteiger partial charge in [0.05, 0.1) is 17.9 Å². The first-order valence-electron chi connectivity index (χ1n) is 8.49. The Morgan fingerprint density at radius 2 is 2.21 bits per heavy atom. The number of aromatic nitrogens is 2. The van der Waals surface area contributed by atoms with Gasteiger partial charge in [-0.05, 0) is 24.5 Å². The predicted molar refractivity (Wildman–Crippen MR) is 114 cm³/mol. The number of aliphatic imine (C=N–C) groups is 1. The van der Waals surface area contributed by atoms with Crippen LogP contribution < -0.4 is 10.5 Å². The predicted octanol–water partition coefficient (Wildman–Crippen LogP) is 3.22. The minimum atomic E-state index is -0.357. The monoisotopic (exact) mass is 396 g/mol. The SMILES string of the molecule is C.C#CCOc1cnc(C(=O)Cc2cccc([C@]3(C)CCSC(N)=N3)c2)cn1. The second kappa shape index (κ2) is 9.38. The van der Waals surface area contributed by atoms with Gasteiger partial charge in [0, 0.05) is 12.2 Å². The number of amidine groups is 1. The molecule has 0 spiro atoms. The third-order valence-electron chi connectivity index (χ3n) is 4.33. The van der Waals surface area contributed by atoms with Crippen LogP contribution >= 0.6 is 11.8 Å². The molecule has 2 aromatic rings. The van der Waals surface area contributed by atoms with Gasteiger partial charge in [0.15, 0.2) is 17.6 Å². The zero-order chi connectivity index (χ0) is 19.3. The molecule has 0 aliphatic carbocycles. The molecule has 1 aromatic heterocycles. The van der Waals surface area contributed by atoms with Crippen molar-refractivity contribution in [1.82, 2.24) is 9.97 Å². The van der Waals surface area contributed by atoms with E-state index in [9.17, 15) is 4.79 Å². The average molecular weight is 397 g/mol. The molecule has 28 heavy (non-hydrogen) atoms. The molecule has 0 radical (unpaired) electrons. The molecule has 0 bridgehead atoms. The second-order valence-corrected chi connectivity index (χ2v) is 7.47. The summed E-state index contributed by atoms with van der Waals surface area (Å²) in [7, 11) is 0. The lowest BCUT2D eigenvalue weighted by molar-refractivity contribution is 0.0987. The van der Waals surface area contributed by atoms with Gasteiger partial charge in [-0.2, -0.15) is 0 Å². The number of ketones is 1. The van der Waals surface area contributed by atoms with E-state index in [2.05, 4.69) is 27.8 Å². The maximum absolute atomic E-state index is 12.5. The minimum absolute atomic E-state index is 0. The number of nitrogens with zero attached hydrogens (tertiary/aromatic N) is 3. The Morgan fingerprint density at radius 3 is 2.89 bits per heavy atom. The highest BCUT2D eigenvalue weighted by Gasteiger charge is 2.29. The Kier molecular flexibility index (Phi) is 7.18. The van der Waals surface area contributed by atoms with Gasteiger partial charge < -0.3 is 10.5 Å². The van der Waals surface area contributed by atoms with Crippen LogP contribution in [0, 0.1) is 12.3 Å². The number of thioether (sulfide) groups is 1. The van der Waals surface area contributed by atoms with E-state index >= 15 is 0 Å². The van der Waals surface area contributed by atoms with Crippen LogP contribution in [0.3, 0.4) is 0 Å². The Morgan fingerprint density at radius 1 is 1.39 bits per heavy atom. The summed E-state index contributed by atoms with van der Waals surface area (Å²) in [4.78, 5) is 25.3. The first-order valence-corrected chi connectivity index (χ1v) is 9.48. The van der Waals surface area contributed by atoms with Gasteiger partial charge >= 0.3 is 0 Å². The van der Waals surface area contributed by atoms with E-state index in [0.29, 0.717) is 11.0 Å². The summed E-state index contributed by atoms with van der Waals surface area (Å²) in [6, 6.07) is 7.91. The van der Waals surface area contributed by atoms with Crippen LogP contribution in [0.4, 0.5) is 0 Å². The Labute approximate surface area is 170 Å². The van der Waals surface area contributed by atoms with Crippen LogP contribution in [-0.4, -0.2) is 33.3 Å². The van der Waals surface area contributed by atoms with Gasteiger partial charge in [0.1, 0.15) is 5.69 Å². The fraction of sp³-hybridized carbons (Fsp3) is 0.333. The molecule has 7 heteroatoms. The third kappa shape index (κ3) is 5.11. The normalized spacial score (nSPS) is 18.4. The largest absolute Gasteiger partial charge is 0.463 e. The number of rotatable bonds is 6. The molecular weight excluding hydrogens is 372 g/mol. The van der Waals surface area contributed by atoms with Crippen molar-refractivity contribution in [2.24, 2.45) is 10.7 Å². The number of Topliss-reactive ketones (excluding diaryl/α,β-unsaturated/α-hetero) is 1. The Balaban J connectivity index is 0.00000280. The van der Waals surface area contributed by atoms with Gasteiger partial charge in [-0.15, -0.1) is 6.42 Å². The number of ether oxygens (including phenoxy) is 1. The lowest BCUT2D eigenvalue weighted by Gasteiger charge is -2.30. The van der Waals surface area contributed by atoms with Gasteiger partial charge in [-0.3, -0.25) is 9.79 Å². The molecule has 0 saturated carbocycles. The van der Waals surface area contributed by atoms with Gasteiger partial charge in [0.25, 0.3) is 0 Å². The fourth-order valence-corrected chi connectivity index (χ4v) is 3.81. The zero-order valence-electron chi connectivity index (χ0n) is 15.0. The van der Waals surface area contributed by atoms with Gasteiger partial charge in [0.2, 0.25) is 5.88 Å². The van der Waals surface area contributed by atoms with E-state index in [4.69, 9.17) is 16.9 Å². The number of hydrogen-bond donors (Lipinski definition) is 1. The summed E-state index contributed by atoms with van der Waals surface area (Å²) < 4.78 is 5.17. The van der Waals surface area contributed by atoms with Crippen molar-refractivity contribution in [1.29, 1.82) is 0 Å². The van der Waals surface area contributed by atoms with E-state index in [1.165, 1.54) is 12.4 Å². The van der Waals surface area contributed by atoms with Crippen LogP contribution in [0.1, 0.15) is 42.4 Å². The van der Waals surface area contributed by atoms with Crippen LogP contribution in [-0.2, 0) is 12.0 Å². The number of hydrogen-bond acceptors (Lipinski definition) is 7. The van der Waals surface area contributed by atoms with E-state index in [1.807, 2.05) is 24.3 Å². The highest BCUT2D eigenvalue weighted by atomic mass is 32.2. The van der Waals surface area contributed by atoms with Crippen LogP contribution in [0.15, 0.2) is 41.7 Å². The molecular formula is C21H24N4O2S. The summed E-state index contributed by atoms with van der Waals surface area (Å²) in [6.07, 6.45) is 9.07. The molecule has 146 valence electrons. The van der Waals surface area contributed by atoms with Crippen molar-refractivity contribution in [2.75, 3.05) is 12.4 Å². The van der Waals surface area contributed by atoms with E-state index in [1.54, 1.807) is 11.8 Å². The van der Waals surface area contributed by atoms with E-state index in [0.717, 1.165) is 23.3 Å². The molecule has 6 nitrogen and oxygen atoms in total. The number of carbonyl (C=O) groups is 1. The highest BCUT2D eigenvalue weighted by Crippen LogP contribution is 2.35. The number of nitrogens with two attached hydrogens (primary N) is 1. The average Bonchev–Trinajstić information content (AvgIpc) is 2.67. The summed E-state index contributed by atoms with van der Waals surface area (Å²) in [6.45, 7) is 2.18. The quantitative estimate of drug-likeness (QED) is 0.596. The molecule has 2 N–H and O–H groups in total. The van der Waals surface area contributed by atoms with Crippen molar-refractivity contribution in [3.05, 3.63) is 53.5 Å². The van der Waals surface area contributed by atoms with E-state index in [-0.39, 0.29) is 37.5 Å². The maximum Gasteiger partial charge on any atom is 0.233 e. The summed E-state index contributed by atoms with van der Waals surface area (Å²) in [5.74, 6) is 3.46. The molecule has 0 unspecified atom stereocenters. The van der Waals surface area contributed by atoms with Gasteiger partial charge in [-0.25, -0.2) is 9.97 Å². The first kappa shape index (κ1) is 21.5. The minimum Gasteiger partial charge on any atom is -0.463 e. The summed E-state index contributed by atoms with van der Waals surface area (Å²) in [5.41, 5.74) is 7.80. The van der Waals surface area contributed by atoms with Crippen LogP contribution in [0.2, 0.25) is 0 Å². The molecule has 0 amide bonds. The topological polar surface area (TPSA) is 90.5 Å². The number of benzene rings is 1. The third-order valence-corrected chi connectivity index (χ3v) is 5.12. The Hall–Kier alpha value is -2.85. The van der Waals surface area contributed by atoms with Crippen LogP contribution in [0.25, 0.3) is 0 Å². The van der Waals surface area contributed by atoms with Crippen molar-refractivity contribution >= 4 is 22.7 Å². The van der Waals surface area contributed by atoms with Crippen molar-refractivity contribution in [3.63, 3.8) is 0 Å². The summed E-state index contributed by atoms with van der Waals surface area (Å²) in [5, 5.41) is 0.604. The zero-order valence-corrected chi connectivity index (χ0v) is 15.8. The smallest absolute Gasteiger partial charge is 0.233 e. The highest BCUT2D eigenvalue weighted by molar-refractivity contribution is 8.13. The Bertz CT molecular complexity index is 905. The van der Waals surface area contributed by atoms with Crippen molar-refractivity contribution < 1.29 is 9.53 Å². The summed E-state index contributed by atoms with van der Waals surface area (Å²) >= 11 is 1.57. The van der Waals surface area contributed by atoms with Gasteiger partial charge in [-0.1, -0.05) is 49.4 Å². The second-order valence-electron chi connectivity index (χ2n) is 6.36. The first-order chi connectivity index (χ1) is 13.0. The lowest BCUT2D eigenvalue weighted by atomic mass is 9.88. The number of terminal acetylenes is 1. The molecule has 1 aliphatic heterocycles. The molecule has 0 saturated heterocycles.